The lowest BCUT2D eigenvalue weighted by atomic mass is 10.1. The number of anilines is 1. The number of nitrogens with one attached hydrogen (secondary N) is 2. The average Bonchev–Trinajstić information content (AvgIpc) is 2.46. The molecule has 0 unspecified atom stereocenters. The summed E-state index contributed by atoms with van der Waals surface area (Å²) in [6.07, 6.45) is -3.52. The Morgan fingerprint density at radius 3 is 2.17 bits per heavy atom. The molecule has 0 aliphatic carbocycles. The van der Waals surface area contributed by atoms with Crippen LogP contribution >= 0.6 is 0 Å². The Labute approximate surface area is 131 Å². The molecular weight excluding hydrogens is 331 g/mol. The Hall–Kier alpha value is -2.13. The van der Waals surface area contributed by atoms with Gasteiger partial charge < -0.3 is 0 Å². The van der Waals surface area contributed by atoms with E-state index in [9.17, 15) is 21.6 Å². The highest BCUT2D eigenvalue weighted by molar-refractivity contribution is 7.89. The standard InChI is InChI=1S/C14H14F3N3O2S/c1-9(10-2-5-12(6-3-10)23(18,21)22)20-13-7-4-11(8-19-13)14(15,16)17/h2-9H,1H3,(H,19,20)(H2,18,21,22)/p+1/t9-/m0/s1. The second-order valence-corrected chi connectivity index (χ2v) is 6.53. The van der Waals surface area contributed by atoms with Crippen LogP contribution in [0, 0.1) is 0 Å². The van der Waals surface area contributed by atoms with Crippen LogP contribution in [-0.4, -0.2) is 8.42 Å². The van der Waals surface area contributed by atoms with Crippen molar-refractivity contribution in [3.05, 3.63) is 53.7 Å². The van der Waals surface area contributed by atoms with Gasteiger partial charge >= 0.3 is 6.18 Å². The Bertz CT molecular complexity index is 772. The van der Waals surface area contributed by atoms with E-state index in [1.807, 2.05) is 0 Å². The minimum Gasteiger partial charge on any atom is -0.268 e. The number of H-pyrrole nitrogens is 1. The molecular formula is C14H15F3N3O2S+. The zero-order valence-electron chi connectivity index (χ0n) is 12.1. The monoisotopic (exact) mass is 346 g/mol. The predicted molar refractivity (Wildman–Crippen MR) is 77.9 cm³/mol. The lowest BCUT2D eigenvalue weighted by Crippen LogP contribution is -2.18. The third-order valence-electron chi connectivity index (χ3n) is 3.22. The Morgan fingerprint density at radius 1 is 1.13 bits per heavy atom. The van der Waals surface area contributed by atoms with Crippen molar-refractivity contribution in [3.8, 4) is 0 Å². The van der Waals surface area contributed by atoms with Gasteiger partial charge in [-0.25, -0.2) is 18.5 Å². The number of hydrogen-bond donors (Lipinski definition) is 2. The fourth-order valence-corrected chi connectivity index (χ4v) is 2.47. The maximum Gasteiger partial charge on any atom is 0.419 e. The molecule has 4 N–H and O–H groups in total. The number of nitrogens with two attached hydrogens (primary N) is 1. The molecule has 23 heavy (non-hydrogen) atoms. The van der Waals surface area contributed by atoms with Crippen molar-refractivity contribution in [1.82, 2.24) is 0 Å². The van der Waals surface area contributed by atoms with E-state index in [2.05, 4.69) is 10.3 Å². The zero-order valence-corrected chi connectivity index (χ0v) is 12.9. The third-order valence-corrected chi connectivity index (χ3v) is 4.15. The normalized spacial score (nSPS) is 13.6. The van der Waals surface area contributed by atoms with E-state index >= 15 is 0 Å². The number of sulfonamides is 1. The molecule has 9 heteroatoms. The summed E-state index contributed by atoms with van der Waals surface area (Å²) in [5.41, 5.74) is -0.0149. The summed E-state index contributed by atoms with van der Waals surface area (Å²) < 4.78 is 59.8. The molecule has 1 aromatic carbocycles. The maximum atomic E-state index is 12.5. The van der Waals surface area contributed by atoms with Gasteiger partial charge in [0.2, 0.25) is 10.0 Å². The van der Waals surface area contributed by atoms with E-state index in [1.165, 1.54) is 18.2 Å². The lowest BCUT2D eigenvalue weighted by Gasteiger charge is -2.10. The van der Waals surface area contributed by atoms with Crippen LogP contribution in [0.15, 0.2) is 47.5 Å². The number of primary sulfonamides is 1. The van der Waals surface area contributed by atoms with Crippen LogP contribution < -0.4 is 15.4 Å². The minimum absolute atomic E-state index is 0.00505. The van der Waals surface area contributed by atoms with E-state index in [0.29, 0.717) is 5.82 Å². The van der Waals surface area contributed by atoms with Gasteiger partial charge in [0.05, 0.1) is 10.5 Å². The maximum absolute atomic E-state index is 12.5. The van der Waals surface area contributed by atoms with Gasteiger partial charge in [-0.05, 0) is 30.7 Å². The highest BCUT2D eigenvalue weighted by Crippen LogP contribution is 2.28. The Morgan fingerprint density at radius 2 is 1.74 bits per heavy atom. The number of hydrogen-bond acceptors (Lipinski definition) is 3. The van der Waals surface area contributed by atoms with Gasteiger partial charge in [0, 0.05) is 6.07 Å². The van der Waals surface area contributed by atoms with E-state index < -0.39 is 21.8 Å². The van der Waals surface area contributed by atoms with E-state index in [4.69, 9.17) is 5.14 Å². The van der Waals surface area contributed by atoms with Crippen LogP contribution in [-0.2, 0) is 16.2 Å². The predicted octanol–water partition coefficient (Wildman–Crippen LogP) is 2.34. The first-order chi connectivity index (χ1) is 10.6. The molecule has 0 amide bonds. The van der Waals surface area contributed by atoms with Gasteiger partial charge in [-0.1, -0.05) is 12.1 Å². The molecule has 0 fully saturated rings. The molecule has 0 bridgehead atoms. The molecule has 0 saturated heterocycles. The summed E-state index contributed by atoms with van der Waals surface area (Å²) in [6.45, 7) is 1.79. The van der Waals surface area contributed by atoms with Gasteiger partial charge in [-0.2, -0.15) is 13.2 Å². The molecule has 0 aliphatic rings. The number of rotatable bonds is 4. The fourth-order valence-electron chi connectivity index (χ4n) is 1.95. The molecule has 0 saturated carbocycles. The molecule has 0 radical (unpaired) electrons. The van der Waals surface area contributed by atoms with Gasteiger partial charge in [-0.15, -0.1) is 0 Å². The van der Waals surface area contributed by atoms with Gasteiger partial charge in [0.15, 0.2) is 0 Å². The van der Waals surface area contributed by atoms with Crippen molar-refractivity contribution in [1.29, 1.82) is 0 Å². The van der Waals surface area contributed by atoms with E-state index in [1.54, 1.807) is 19.1 Å². The van der Waals surface area contributed by atoms with Crippen molar-refractivity contribution < 1.29 is 26.6 Å². The molecule has 0 aliphatic heterocycles. The molecule has 124 valence electrons. The van der Waals surface area contributed by atoms with Crippen molar-refractivity contribution in [2.24, 2.45) is 5.14 Å². The number of aromatic nitrogens is 1. The minimum atomic E-state index is -4.40. The largest absolute Gasteiger partial charge is 0.419 e. The highest BCUT2D eigenvalue weighted by atomic mass is 32.2. The van der Waals surface area contributed by atoms with Crippen LogP contribution in [0.3, 0.4) is 0 Å². The molecule has 2 aromatic rings. The summed E-state index contributed by atoms with van der Waals surface area (Å²) in [5, 5.41) is 8.01. The van der Waals surface area contributed by atoms with Crippen molar-refractivity contribution in [2.45, 2.75) is 24.0 Å². The number of benzene rings is 1. The van der Waals surface area contributed by atoms with Gasteiger partial charge in [0.1, 0.15) is 12.2 Å². The Balaban J connectivity index is 2.11. The van der Waals surface area contributed by atoms with Gasteiger partial charge in [-0.3, -0.25) is 5.32 Å². The smallest absolute Gasteiger partial charge is 0.268 e. The molecule has 1 aromatic heterocycles. The summed E-state index contributed by atoms with van der Waals surface area (Å²) >= 11 is 0. The molecule has 2 rings (SSSR count). The first-order valence-electron chi connectivity index (χ1n) is 6.55. The summed E-state index contributed by atoms with van der Waals surface area (Å²) in [4.78, 5) is 2.53. The van der Waals surface area contributed by atoms with Crippen molar-refractivity contribution in [3.63, 3.8) is 0 Å². The van der Waals surface area contributed by atoms with Crippen LogP contribution in [0.1, 0.15) is 24.1 Å². The SMILES string of the molecule is C[C@H](Nc1ccc(C(F)(F)F)c[nH+]1)c1ccc(S(N)(=O)=O)cc1. The highest BCUT2D eigenvalue weighted by Gasteiger charge is 2.31. The molecule has 0 spiro atoms. The number of alkyl halides is 3. The van der Waals surface area contributed by atoms with Crippen LogP contribution in [0.25, 0.3) is 0 Å². The van der Waals surface area contributed by atoms with Crippen LogP contribution in [0.5, 0.6) is 0 Å². The zero-order chi connectivity index (χ0) is 17.3. The van der Waals surface area contributed by atoms with Crippen LogP contribution in [0.2, 0.25) is 0 Å². The second kappa shape index (κ2) is 6.17. The number of aromatic amines is 1. The third kappa shape index (κ3) is 4.42. The quantitative estimate of drug-likeness (QED) is 0.891. The summed E-state index contributed by atoms with van der Waals surface area (Å²) in [6, 6.07) is 7.92. The van der Waals surface area contributed by atoms with E-state index in [0.717, 1.165) is 17.8 Å². The number of halogens is 3. The fraction of sp³-hybridized carbons (Fsp3) is 0.214. The lowest BCUT2D eigenvalue weighted by molar-refractivity contribution is -0.365. The average molecular weight is 346 g/mol. The first kappa shape index (κ1) is 17.2. The summed E-state index contributed by atoms with van der Waals surface area (Å²) in [5.74, 6) is 0.404. The molecule has 5 nitrogen and oxygen atoms in total. The topological polar surface area (TPSA) is 86.3 Å². The van der Waals surface area contributed by atoms with Gasteiger partial charge in [0.25, 0.3) is 5.82 Å². The van der Waals surface area contributed by atoms with Crippen molar-refractivity contribution >= 4 is 15.8 Å². The first-order valence-corrected chi connectivity index (χ1v) is 8.10. The number of pyridine rings is 1. The molecule has 1 heterocycles. The summed E-state index contributed by atoms with van der Waals surface area (Å²) in [7, 11) is -3.76. The van der Waals surface area contributed by atoms with Crippen LogP contribution in [0.4, 0.5) is 19.0 Å². The van der Waals surface area contributed by atoms with E-state index in [-0.39, 0.29) is 10.9 Å². The van der Waals surface area contributed by atoms with Crippen molar-refractivity contribution in [2.75, 3.05) is 5.32 Å². The second-order valence-electron chi connectivity index (χ2n) is 4.97. The Kier molecular flexibility index (Phi) is 4.62. The molecule has 1 atom stereocenters.